The summed E-state index contributed by atoms with van der Waals surface area (Å²) in [6, 6.07) is 0. The van der Waals surface area contributed by atoms with Gasteiger partial charge in [0.1, 0.15) is 11.6 Å². The van der Waals surface area contributed by atoms with Crippen LogP contribution in [0.25, 0.3) is 0 Å². The summed E-state index contributed by atoms with van der Waals surface area (Å²) in [4.78, 5) is 13.1. The standard InChI is InChI=1S/C37H59F3O2/c1-7-28(23-32(35(41)24-37(6,39)40)22-27(5)42-36-16-12-15-34(36)38)25(3)21-26(4)33(8-2)31-19-17-30(18-20-31)29-13-10-9-11-14-29/h17,19,23,25-31,33H,7-16,18,20-22,24H2,1-6H3. The van der Waals surface area contributed by atoms with E-state index in [4.69, 9.17) is 4.74 Å². The average Bonchev–Trinajstić information content (AvgIpc) is 3.34. The molecule has 0 aromatic heterocycles. The number of ketones is 1. The Labute approximate surface area is 255 Å². The van der Waals surface area contributed by atoms with Gasteiger partial charge in [-0.25, -0.2) is 13.2 Å². The molecule has 7 unspecified atom stereocenters. The van der Waals surface area contributed by atoms with Crippen LogP contribution in [0.5, 0.6) is 0 Å². The Balaban J connectivity index is 1.67. The number of hydrogen-bond acceptors (Lipinski definition) is 2. The maximum atomic E-state index is 14.1. The molecule has 5 heteroatoms. The minimum atomic E-state index is -3.07. The van der Waals surface area contributed by atoms with Crippen molar-refractivity contribution in [3.8, 4) is 0 Å². The zero-order valence-electron chi connectivity index (χ0n) is 27.4. The largest absolute Gasteiger partial charge is 0.492 e. The van der Waals surface area contributed by atoms with Crippen LogP contribution < -0.4 is 0 Å². The first-order valence-corrected chi connectivity index (χ1v) is 17.3. The summed E-state index contributed by atoms with van der Waals surface area (Å²) >= 11 is 0. The molecule has 0 amide bonds. The van der Waals surface area contributed by atoms with Gasteiger partial charge in [0.2, 0.25) is 0 Å². The van der Waals surface area contributed by atoms with Crippen LogP contribution in [0.2, 0.25) is 0 Å². The fraction of sp³-hybridized carbons (Fsp3) is 0.811. The lowest BCUT2D eigenvalue weighted by Gasteiger charge is -2.37. The lowest BCUT2D eigenvalue weighted by atomic mass is 9.68. The normalized spacial score (nSPS) is 26.2. The summed E-state index contributed by atoms with van der Waals surface area (Å²) in [5, 5.41) is 0. The highest BCUT2D eigenvalue weighted by molar-refractivity contribution is 5.95. The maximum Gasteiger partial charge on any atom is 0.252 e. The predicted molar refractivity (Wildman–Crippen MR) is 168 cm³/mol. The van der Waals surface area contributed by atoms with E-state index in [0.717, 1.165) is 44.4 Å². The molecule has 3 aliphatic rings. The fourth-order valence-corrected chi connectivity index (χ4v) is 8.25. The molecule has 0 N–H and O–H groups in total. The fourth-order valence-electron chi connectivity index (χ4n) is 8.25. The second kappa shape index (κ2) is 16.5. The van der Waals surface area contributed by atoms with Crippen molar-refractivity contribution < 1.29 is 22.7 Å². The van der Waals surface area contributed by atoms with Gasteiger partial charge in [-0.15, -0.1) is 0 Å². The van der Waals surface area contributed by atoms with Crippen molar-refractivity contribution in [3.63, 3.8) is 0 Å². The molecule has 3 aliphatic carbocycles. The van der Waals surface area contributed by atoms with E-state index in [9.17, 15) is 18.0 Å². The highest BCUT2D eigenvalue weighted by atomic mass is 19.3. The monoisotopic (exact) mass is 592 g/mol. The van der Waals surface area contributed by atoms with Crippen LogP contribution in [0.4, 0.5) is 13.2 Å². The number of ether oxygens (including phenoxy) is 1. The Kier molecular flexibility index (Phi) is 13.8. The molecule has 2 nitrogen and oxygen atoms in total. The molecule has 1 saturated carbocycles. The molecule has 0 bridgehead atoms. The molecule has 7 atom stereocenters. The average molecular weight is 593 g/mol. The molecule has 0 radical (unpaired) electrons. The van der Waals surface area contributed by atoms with E-state index in [1.807, 2.05) is 6.08 Å². The highest BCUT2D eigenvalue weighted by Crippen LogP contribution is 2.42. The number of rotatable bonds is 16. The van der Waals surface area contributed by atoms with Gasteiger partial charge in [-0.3, -0.25) is 4.79 Å². The summed E-state index contributed by atoms with van der Waals surface area (Å²) in [5.74, 6) is 0.405. The molecule has 42 heavy (non-hydrogen) atoms. The number of hydrogen-bond donors (Lipinski definition) is 0. The summed E-state index contributed by atoms with van der Waals surface area (Å²) in [5.41, 5.74) is 0.408. The molecule has 240 valence electrons. The molecule has 0 aromatic carbocycles. The van der Waals surface area contributed by atoms with E-state index in [1.54, 1.807) is 6.92 Å². The van der Waals surface area contributed by atoms with Crippen molar-refractivity contribution in [3.05, 3.63) is 35.4 Å². The third-order valence-corrected chi connectivity index (χ3v) is 10.6. The third-order valence-electron chi connectivity index (χ3n) is 10.6. The zero-order valence-corrected chi connectivity index (χ0v) is 27.4. The molecule has 0 spiro atoms. The molecule has 3 rings (SSSR count). The number of carbonyl (C=O) groups is 1. The first kappa shape index (κ1) is 35.0. The number of halogens is 3. The van der Waals surface area contributed by atoms with Gasteiger partial charge in [0.25, 0.3) is 5.92 Å². The van der Waals surface area contributed by atoms with Gasteiger partial charge in [-0.05, 0) is 106 Å². The van der Waals surface area contributed by atoms with E-state index in [-0.39, 0.29) is 18.2 Å². The molecular weight excluding hydrogens is 533 g/mol. The molecule has 0 aliphatic heterocycles. The van der Waals surface area contributed by atoms with E-state index >= 15 is 0 Å². The van der Waals surface area contributed by atoms with Crippen LogP contribution >= 0.6 is 0 Å². The summed E-state index contributed by atoms with van der Waals surface area (Å²) in [6.45, 7) is 11.7. The van der Waals surface area contributed by atoms with Crippen LogP contribution in [0.1, 0.15) is 138 Å². The Bertz CT molecular complexity index is 939. The topological polar surface area (TPSA) is 26.3 Å². The Hall–Kier alpha value is -1.52. The van der Waals surface area contributed by atoms with Crippen LogP contribution in [0.15, 0.2) is 35.4 Å². The number of Topliss-reactive ketones (excluding diaryl/α,β-unsaturated/α-hetero) is 1. The number of carbonyl (C=O) groups excluding carboxylic acids is 1. The quantitative estimate of drug-likeness (QED) is 0.132. The van der Waals surface area contributed by atoms with Crippen LogP contribution in [0.3, 0.4) is 0 Å². The minimum absolute atomic E-state index is 0.113. The van der Waals surface area contributed by atoms with E-state index in [2.05, 4.69) is 39.8 Å². The first-order valence-electron chi connectivity index (χ1n) is 17.3. The van der Waals surface area contributed by atoms with Gasteiger partial charge in [0, 0.05) is 19.3 Å². The van der Waals surface area contributed by atoms with E-state index in [1.165, 1.54) is 44.9 Å². The molecular formula is C37H59F3O2. The summed E-state index contributed by atoms with van der Waals surface area (Å²) in [7, 11) is 0. The van der Waals surface area contributed by atoms with Gasteiger partial charge in [-0.1, -0.05) is 71.6 Å². The first-order chi connectivity index (χ1) is 19.9. The van der Waals surface area contributed by atoms with Crippen molar-refractivity contribution >= 4 is 5.78 Å². The van der Waals surface area contributed by atoms with Crippen molar-refractivity contribution in [2.24, 2.45) is 41.4 Å². The number of alkyl halides is 2. The van der Waals surface area contributed by atoms with Gasteiger partial charge in [0.15, 0.2) is 5.78 Å². The van der Waals surface area contributed by atoms with Gasteiger partial charge < -0.3 is 4.74 Å². The highest BCUT2D eigenvalue weighted by Gasteiger charge is 2.33. The lowest BCUT2D eigenvalue weighted by molar-refractivity contribution is -0.122. The van der Waals surface area contributed by atoms with Crippen LogP contribution in [-0.2, 0) is 9.53 Å². The smallest absolute Gasteiger partial charge is 0.252 e. The Morgan fingerprint density at radius 1 is 0.976 bits per heavy atom. The van der Waals surface area contributed by atoms with Crippen LogP contribution in [-0.4, -0.2) is 17.8 Å². The Morgan fingerprint density at radius 2 is 1.69 bits per heavy atom. The molecule has 1 fully saturated rings. The van der Waals surface area contributed by atoms with Crippen molar-refractivity contribution in [2.45, 2.75) is 150 Å². The van der Waals surface area contributed by atoms with Crippen molar-refractivity contribution in [2.75, 3.05) is 0 Å². The third kappa shape index (κ3) is 10.6. The maximum absolute atomic E-state index is 14.1. The van der Waals surface area contributed by atoms with E-state index < -0.39 is 24.2 Å². The minimum Gasteiger partial charge on any atom is -0.492 e. The van der Waals surface area contributed by atoms with Gasteiger partial charge in [0.05, 0.1) is 12.5 Å². The summed E-state index contributed by atoms with van der Waals surface area (Å²) < 4.78 is 47.7. The van der Waals surface area contributed by atoms with Crippen LogP contribution in [0, 0.1) is 41.4 Å². The second-order valence-corrected chi connectivity index (χ2v) is 14.2. The second-order valence-electron chi connectivity index (χ2n) is 14.2. The molecule has 0 heterocycles. The lowest BCUT2D eigenvalue weighted by Crippen LogP contribution is -2.27. The molecule has 0 saturated heterocycles. The summed E-state index contributed by atoms with van der Waals surface area (Å²) in [6.07, 6.45) is 20.3. The van der Waals surface area contributed by atoms with Gasteiger partial charge >= 0.3 is 0 Å². The van der Waals surface area contributed by atoms with Gasteiger partial charge in [-0.2, -0.15) is 0 Å². The zero-order chi connectivity index (χ0) is 30.9. The number of allylic oxidation sites excluding steroid dienone is 5. The predicted octanol–water partition coefficient (Wildman–Crippen LogP) is 11.6. The van der Waals surface area contributed by atoms with E-state index in [0.29, 0.717) is 47.8 Å². The SMILES string of the molecule is CCC(C=C(CC(C)OC1=C(F)CCC1)C(=O)CC(C)(F)F)C(C)CC(C)C(CC)C1C=CC(C2CCCCC2)CC1. The van der Waals surface area contributed by atoms with Crippen molar-refractivity contribution in [1.29, 1.82) is 0 Å². The molecule has 0 aromatic rings. The van der Waals surface area contributed by atoms with Crippen molar-refractivity contribution in [1.82, 2.24) is 0 Å². The Morgan fingerprint density at radius 3 is 2.24 bits per heavy atom.